The summed E-state index contributed by atoms with van der Waals surface area (Å²) < 4.78 is 5.38. The van der Waals surface area contributed by atoms with E-state index >= 15 is 0 Å². The number of furan rings is 1. The van der Waals surface area contributed by atoms with Crippen LogP contribution in [-0.2, 0) is 11.2 Å². The zero-order valence-corrected chi connectivity index (χ0v) is 11.5. The molecule has 6 heteroatoms. The number of amides is 3. The van der Waals surface area contributed by atoms with Crippen LogP contribution in [0.4, 0.5) is 4.79 Å². The third kappa shape index (κ3) is 5.03. The zero-order valence-electron chi connectivity index (χ0n) is 11.5. The molecule has 4 N–H and O–H groups in total. The lowest BCUT2D eigenvalue weighted by molar-refractivity contribution is -0.120. The first-order chi connectivity index (χ1) is 8.90. The number of carbonyl (C=O) groups excluding carboxylic acids is 2. The van der Waals surface area contributed by atoms with Crippen LogP contribution < -0.4 is 16.4 Å². The average Bonchev–Trinajstić information content (AvgIpc) is 2.71. The van der Waals surface area contributed by atoms with E-state index in [-0.39, 0.29) is 5.92 Å². The van der Waals surface area contributed by atoms with Gasteiger partial charge < -0.3 is 20.8 Å². The van der Waals surface area contributed by atoms with Gasteiger partial charge in [-0.15, -0.1) is 0 Å². The highest BCUT2D eigenvalue weighted by atomic mass is 16.3. The van der Waals surface area contributed by atoms with Crippen LogP contribution in [0.25, 0.3) is 0 Å². The maximum Gasteiger partial charge on any atom is 0.315 e. The van der Waals surface area contributed by atoms with Crippen molar-refractivity contribution < 1.29 is 14.0 Å². The average molecular weight is 267 g/mol. The zero-order chi connectivity index (χ0) is 14.4. The molecule has 0 spiro atoms. The Hall–Kier alpha value is -1.98. The molecule has 1 aromatic heterocycles. The molecule has 0 bridgehead atoms. The van der Waals surface area contributed by atoms with Crippen LogP contribution in [0.1, 0.15) is 25.4 Å². The summed E-state index contributed by atoms with van der Waals surface area (Å²) in [6.45, 7) is 5.94. The second-order valence-corrected chi connectivity index (χ2v) is 4.79. The molecule has 6 nitrogen and oxygen atoms in total. The lowest BCUT2D eigenvalue weighted by atomic mass is 10.0. The Morgan fingerprint density at radius 1 is 1.37 bits per heavy atom. The summed E-state index contributed by atoms with van der Waals surface area (Å²) >= 11 is 0. The van der Waals surface area contributed by atoms with Crippen LogP contribution in [0.3, 0.4) is 0 Å². The molecule has 0 aliphatic carbocycles. The molecule has 1 atom stereocenters. The fourth-order valence-electron chi connectivity index (χ4n) is 1.68. The van der Waals surface area contributed by atoms with Crippen molar-refractivity contribution in [3.63, 3.8) is 0 Å². The fraction of sp³-hybridized carbons (Fsp3) is 0.538. The number of aryl methyl sites for hydroxylation is 1. The van der Waals surface area contributed by atoms with Crippen molar-refractivity contribution in [1.82, 2.24) is 10.6 Å². The van der Waals surface area contributed by atoms with Gasteiger partial charge in [-0.25, -0.2) is 4.79 Å². The second-order valence-electron chi connectivity index (χ2n) is 4.79. The molecule has 0 radical (unpaired) electrons. The van der Waals surface area contributed by atoms with E-state index in [2.05, 4.69) is 10.6 Å². The maximum atomic E-state index is 11.6. The Morgan fingerprint density at radius 2 is 2.05 bits per heavy atom. The van der Waals surface area contributed by atoms with E-state index < -0.39 is 18.0 Å². The minimum Gasteiger partial charge on any atom is -0.466 e. The fourth-order valence-corrected chi connectivity index (χ4v) is 1.68. The second kappa shape index (κ2) is 6.82. The Bertz CT molecular complexity index is 440. The van der Waals surface area contributed by atoms with Gasteiger partial charge in [0.25, 0.3) is 0 Å². The van der Waals surface area contributed by atoms with E-state index in [0.29, 0.717) is 13.0 Å². The van der Waals surface area contributed by atoms with Crippen LogP contribution in [0.5, 0.6) is 0 Å². The maximum absolute atomic E-state index is 11.6. The summed E-state index contributed by atoms with van der Waals surface area (Å²) in [5, 5.41) is 5.21. The lowest BCUT2D eigenvalue weighted by Crippen LogP contribution is -2.51. The van der Waals surface area contributed by atoms with Crippen LogP contribution >= 0.6 is 0 Å². The topological polar surface area (TPSA) is 97.4 Å². The highest BCUT2D eigenvalue weighted by Gasteiger charge is 2.21. The minimum absolute atomic E-state index is 0.0454. The van der Waals surface area contributed by atoms with E-state index in [4.69, 9.17) is 10.2 Å². The first kappa shape index (κ1) is 15.1. The van der Waals surface area contributed by atoms with Crippen LogP contribution in [0.2, 0.25) is 0 Å². The molecule has 1 rings (SSSR count). The van der Waals surface area contributed by atoms with Gasteiger partial charge in [0, 0.05) is 13.0 Å². The number of urea groups is 1. The highest BCUT2D eigenvalue weighted by molar-refractivity contribution is 5.86. The van der Waals surface area contributed by atoms with Crippen molar-refractivity contribution in [3.05, 3.63) is 23.7 Å². The van der Waals surface area contributed by atoms with Crippen molar-refractivity contribution >= 4 is 11.9 Å². The van der Waals surface area contributed by atoms with Gasteiger partial charge >= 0.3 is 6.03 Å². The van der Waals surface area contributed by atoms with Gasteiger partial charge in [-0.05, 0) is 25.0 Å². The number of carbonyl (C=O) groups is 2. The Labute approximate surface area is 112 Å². The molecule has 19 heavy (non-hydrogen) atoms. The number of primary amides is 1. The number of nitrogens with two attached hydrogens (primary N) is 1. The first-order valence-corrected chi connectivity index (χ1v) is 6.29. The molecule has 3 amide bonds. The van der Waals surface area contributed by atoms with Crippen LogP contribution in [0.15, 0.2) is 16.5 Å². The molecule has 106 valence electrons. The Kier molecular flexibility index (Phi) is 5.41. The van der Waals surface area contributed by atoms with Gasteiger partial charge in [0.05, 0.1) is 0 Å². The molecule has 0 aliphatic heterocycles. The number of hydrogen-bond donors (Lipinski definition) is 3. The smallest absolute Gasteiger partial charge is 0.315 e. The van der Waals surface area contributed by atoms with Gasteiger partial charge in [0.1, 0.15) is 17.6 Å². The van der Waals surface area contributed by atoms with E-state index in [1.807, 2.05) is 32.9 Å². The van der Waals surface area contributed by atoms with Gasteiger partial charge in [-0.2, -0.15) is 0 Å². The summed E-state index contributed by atoms with van der Waals surface area (Å²) in [4.78, 5) is 22.7. The number of rotatable bonds is 6. The third-order valence-electron chi connectivity index (χ3n) is 2.71. The molecule has 1 heterocycles. The van der Waals surface area contributed by atoms with E-state index in [9.17, 15) is 9.59 Å². The largest absolute Gasteiger partial charge is 0.466 e. The highest BCUT2D eigenvalue weighted by Crippen LogP contribution is 2.06. The van der Waals surface area contributed by atoms with Gasteiger partial charge in [0.15, 0.2) is 0 Å². The normalized spacial score (nSPS) is 12.2. The Morgan fingerprint density at radius 3 is 2.53 bits per heavy atom. The van der Waals surface area contributed by atoms with Crippen molar-refractivity contribution in [2.45, 2.75) is 33.2 Å². The molecule has 0 aromatic carbocycles. The summed E-state index contributed by atoms with van der Waals surface area (Å²) in [7, 11) is 0. The van der Waals surface area contributed by atoms with Gasteiger partial charge in [-0.1, -0.05) is 13.8 Å². The molecular formula is C13H21N3O3. The number of hydrogen-bond acceptors (Lipinski definition) is 3. The SMILES string of the molecule is Cc1ccc(CCNC(=O)N[C@H](C(N)=O)C(C)C)o1. The monoisotopic (exact) mass is 267 g/mol. The van der Waals surface area contributed by atoms with Crippen molar-refractivity contribution in [1.29, 1.82) is 0 Å². The Balaban J connectivity index is 2.33. The minimum atomic E-state index is -0.661. The molecule has 1 aromatic rings. The molecular weight excluding hydrogens is 246 g/mol. The van der Waals surface area contributed by atoms with Crippen molar-refractivity contribution in [2.75, 3.05) is 6.54 Å². The van der Waals surface area contributed by atoms with Gasteiger partial charge in [-0.3, -0.25) is 4.79 Å². The predicted octanol–water partition coefficient (Wildman–Crippen LogP) is 0.940. The summed E-state index contributed by atoms with van der Waals surface area (Å²) in [6.07, 6.45) is 0.601. The van der Waals surface area contributed by atoms with E-state index in [1.54, 1.807) is 0 Å². The quantitative estimate of drug-likeness (QED) is 0.715. The molecule has 0 saturated heterocycles. The van der Waals surface area contributed by atoms with Gasteiger partial charge in [0.2, 0.25) is 5.91 Å². The predicted molar refractivity (Wildman–Crippen MR) is 71.5 cm³/mol. The van der Waals surface area contributed by atoms with Crippen LogP contribution in [-0.4, -0.2) is 24.5 Å². The number of nitrogens with one attached hydrogen (secondary N) is 2. The first-order valence-electron chi connectivity index (χ1n) is 6.29. The van der Waals surface area contributed by atoms with E-state index in [1.165, 1.54) is 0 Å². The summed E-state index contributed by atoms with van der Waals surface area (Å²) in [5.74, 6) is 1.07. The molecule has 0 aliphatic rings. The van der Waals surface area contributed by atoms with Crippen molar-refractivity contribution in [2.24, 2.45) is 11.7 Å². The summed E-state index contributed by atoms with van der Waals surface area (Å²) in [6, 6.07) is 2.68. The third-order valence-corrected chi connectivity index (χ3v) is 2.71. The molecule has 0 fully saturated rings. The standard InChI is InChI=1S/C13H21N3O3/c1-8(2)11(12(14)17)16-13(18)15-7-6-10-5-4-9(3)19-10/h4-5,8,11H,6-7H2,1-3H3,(H2,14,17)(H2,15,16,18)/t11-/m0/s1. The summed E-state index contributed by atoms with van der Waals surface area (Å²) in [5.41, 5.74) is 5.21. The molecule has 0 unspecified atom stereocenters. The van der Waals surface area contributed by atoms with Crippen LogP contribution in [0, 0.1) is 12.8 Å². The lowest BCUT2D eigenvalue weighted by Gasteiger charge is -2.19. The van der Waals surface area contributed by atoms with Crippen molar-refractivity contribution in [3.8, 4) is 0 Å². The molecule has 0 saturated carbocycles. The van der Waals surface area contributed by atoms with E-state index in [0.717, 1.165) is 11.5 Å².